The van der Waals surface area contributed by atoms with E-state index >= 15 is 0 Å². The Morgan fingerprint density at radius 2 is 1.69 bits per heavy atom. The number of pyridine rings is 1. The summed E-state index contributed by atoms with van der Waals surface area (Å²) < 4.78 is 25.4. The van der Waals surface area contributed by atoms with Gasteiger partial charge in [0.15, 0.2) is 0 Å². The van der Waals surface area contributed by atoms with Crippen LogP contribution in [0.5, 0.6) is 0 Å². The summed E-state index contributed by atoms with van der Waals surface area (Å²) in [7, 11) is -0.548. The zero-order valence-corrected chi connectivity index (χ0v) is 15.5. The lowest BCUT2D eigenvalue weighted by Gasteiger charge is -2.12. The molecule has 0 aliphatic rings. The molecule has 1 heterocycles. The topological polar surface area (TPSA) is 79.4 Å². The Labute approximate surface area is 152 Å². The third kappa shape index (κ3) is 3.44. The summed E-state index contributed by atoms with van der Waals surface area (Å²) in [6.45, 7) is 1.84. The minimum absolute atomic E-state index is 0.172. The Morgan fingerprint density at radius 3 is 2.35 bits per heavy atom. The zero-order valence-electron chi connectivity index (χ0n) is 14.7. The van der Waals surface area contributed by atoms with Crippen molar-refractivity contribution < 1.29 is 13.2 Å². The molecule has 0 aliphatic heterocycles. The van der Waals surface area contributed by atoms with Gasteiger partial charge in [0, 0.05) is 30.9 Å². The van der Waals surface area contributed by atoms with Crippen LogP contribution >= 0.6 is 0 Å². The average Bonchev–Trinajstić information content (AvgIpc) is 2.61. The van der Waals surface area contributed by atoms with Crippen molar-refractivity contribution in [1.29, 1.82) is 0 Å². The Morgan fingerprint density at radius 1 is 1.04 bits per heavy atom. The van der Waals surface area contributed by atoms with Gasteiger partial charge in [0.05, 0.1) is 16.0 Å². The quantitative estimate of drug-likeness (QED) is 0.767. The van der Waals surface area contributed by atoms with Crippen LogP contribution in [0.2, 0.25) is 0 Å². The third-order valence-electron chi connectivity index (χ3n) is 3.98. The summed E-state index contributed by atoms with van der Waals surface area (Å²) in [5.41, 5.74) is 2.55. The van der Waals surface area contributed by atoms with Gasteiger partial charge < -0.3 is 5.32 Å². The molecule has 0 spiro atoms. The Kier molecular flexibility index (Phi) is 4.76. The summed E-state index contributed by atoms with van der Waals surface area (Å²) in [5.74, 6) is -0.269. The van der Waals surface area contributed by atoms with Crippen LogP contribution in [0, 0.1) is 6.92 Å². The van der Waals surface area contributed by atoms with Crippen molar-refractivity contribution >= 4 is 32.5 Å². The molecule has 0 saturated carbocycles. The minimum atomic E-state index is -3.50. The van der Waals surface area contributed by atoms with Gasteiger partial charge in [-0.2, -0.15) is 0 Å². The predicted molar refractivity (Wildman–Crippen MR) is 102 cm³/mol. The van der Waals surface area contributed by atoms with E-state index in [-0.39, 0.29) is 10.8 Å². The molecular formula is C19H19N3O3S. The molecule has 1 aromatic heterocycles. The van der Waals surface area contributed by atoms with E-state index in [1.54, 1.807) is 18.2 Å². The van der Waals surface area contributed by atoms with E-state index in [4.69, 9.17) is 0 Å². The normalized spacial score (nSPS) is 11.7. The lowest BCUT2D eigenvalue weighted by atomic mass is 10.1. The van der Waals surface area contributed by atoms with E-state index < -0.39 is 10.0 Å². The van der Waals surface area contributed by atoms with E-state index in [0.29, 0.717) is 11.3 Å². The van der Waals surface area contributed by atoms with Gasteiger partial charge in [0.2, 0.25) is 10.0 Å². The fraction of sp³-hybridized carbons (Fsp3) is 0.158. The molecule has 0 saturated heterocycles. The monoisotopic (exact) mass is 369 g/mol. The summed E-state index contributed by atoms with van der Waals surface area (Å²) >= 11 is 0. The number of benzene rings is 2. The van der Waals surface area contributed by atoms with Crippen LogP contribution in [0.3, 0.4) is 0 Å². The van der Waals surface area contributed by atoms with Gasteiger partial charge >= 0.3 is 0 Å². The molecule has 26 heavy (non-hydrogen) atoms. The number of sulfonamides is 1. The number of fused-ring (bicyclic) bond motifs is 1. The smallest absolute Gasteiger partial charge is 0.256 e. The number of hydrogen-bond donors (Lipinski definition) is 1. The SMILES string of the molecule is Cc1cc(C(=O)Nc2ccc(S(=O)(=O)N(C)C)cc2)c2ccccc2n1. The van der Waals surface area contributed by atoms with Crippen LogP contribution in [0.15, 0.2) is 59.5 Å². The maximum atomic E-state index is 12.7. The number of para-hydroxylation sites is 1. The largest absolute Gasteiger partial charge is 0.322 e. The number of anilines is 1. The molecule has 2 aromatic carbocycles. The first-order chi connectivity index (χ1) is 12.3. The van der Waals surface area contributed by atoms with Crippen molar-refractivity contribution in [2.75, 3.05) is 19.4 Å². The first kappa shape index (κ1) is 18.0. The lowest BCUT2D eigenvalue weighted by Crippen LogP contribution is -2.22. The first-order valence-corrected chi connectivity index (χ1v) is 9.43. The molecular weight excluding hydrogens is 350 g/mol. The van der Waals surface area contributed by atoms with Crippen molar-refractivity contribution in [3.8, 4) is 0 Å². The second-order valence-corrected chi connectivity index (χ2v) is 8.25. The Hall–Kier alpha value is -2.77. The average molecular weight is 369 g/mol. The molecule has 0 radical (unpaired) electrons. The molecule has 3 aromatic rings. The molecule has 1 N–H and O–H groups in total. The second kappa shape index (κ2) is 6.86. The van der Waals surface area contributed by atoms with E-state index in [0.717, 1.165) is 20.9 Å². The summed E-state index contributed by atoms with van der Waals surface area (Å²) in [6, 6.07) is 15.3. The molecule has 0 fully saturated rings. The van der Waals surface area contributed by atoms with Crippen molar-refractivity contribution in [3.63, 3.8) is 0 Å². The van der Waals surface area contributed by atoms with Crippen molar-refractivity contribution in [2.24, 2.45) is 0 Å². The van der Waals surface area contributed by atoms with Crippen molar-refractivity contribution in [1.82, 2.24) is 9.29 Å². The number of nitrogens with zero attached hydrogens (tertiary/aromatic N) is 2. The molecule has 1 amide bonds. The number of aromatic nitrogens is 1. The van der Waals surface area contributed by atoms with E-state index in [1.807, 2.05) is 31.2 Å². The van der Waals surface area contributed by atoms with Crippen LogP contribution in [-0.2, 0) is 10.0 Å². The molecule has 134 valence electrons. The highest BCUT2D eigenvalue weighted by Gasteiger charge is 2.17. The number of carbonyl (C=O) groups excluding carboxylic acids is 1. The fourth-order valence-corrected chi connectivity index (χ4v) is 3.52. The van der Waals surface area contributed by atoms with Crippen LogP contribution < -0.4 is 5.32 Å². The number of amides is 1. The van der Waals surface area contributed by atoms with E-state index in [2.05, 4.69) is 10.3 Å². The van der Waals surface area contributed by atoms with Crippen LogP contribution in [0.25, 0.3) is 10.9 Å². The molecule has 0 bridgehead atoms. The Balaban J connectivity index is 1.90. The summed E-state index contributed by atoms with van der Waals surface area (Å²) in [4.78, 5) is 17.3. The van der Waals surface area contributed by atoms with Gasteiger partial charge in [-0.15, -0.1) is 0 Å². The number of aryl methyl sites for hydroxylation is 1. The molecule has 6 nitrogen and oxygen atoms in total. The van der Waals surface area contributed by atoms with Crippen molar-refractivity contribution in [3.05, 3.63) is 65.9 Å². The minimum Gasteiger partial charge on any atom is -0.322 e. The number of hydrogen-bond acceptors (Lipinski definition) is 4. The maximum Gasteiger partial charge on any atom is 0.256 e. The molecule has 7 heteroatoms. The van der Waals surface area contributed by atoms with Crippen LogP contribution in [0.4, 0.5) is 5.69 Å². The summed E-state index contributed by atoms with van der Waals surface area (Å²) in [5, 5.41) is 3.58. The Bertz CT molecular complexity index is 1070. The standard InChI is InChI=1S/C19H19N3O3S/c1-13-12-17(16-6-4-5-7-18(16)20-13)19(23)21-14-8-10-15(11-9-14)26(24,25)22(2)3/h4-12H,1-3H3,(H,21,23). The highest BCUT2D eigenvalue weighted by molar-refractivity contribution is 7.89. The molecule has 0 atom stereocenters. The third-order valence-corrected chi connectivity index (χ3v) is 5.81. The van der Waals surface area contributed by atoms with Gasteiger partial charge in [-0.25, -0.2) is 12.7 Å². The van der Waals surface area contributed by atoms with Gasteiger partial charge in [0.25, 0.3) is 5.91 Å². The zero-order chi connectivity index (χ0) is 18.9. The maximum absolute atomic E-state index is 12.7. The molecule has 0 aliphatic carbocycles. The fourth-order valence-electron chi connectivity index (χ4n) is 2.62. The van der Waals surface area contributed by atoms with Gasteiger partial charge in [0.1, 0.15) is 0 Å². The van der Waals surface area contributed by atoms with Gasteiger partial charge in [-0.1, -0.05) is 18.2 Å². The molecule has 0 unspecified atom stereocenters. The van der Waals surface area contributed by atoms with E-state index in [1.165, 1.54) is 26.2 Å². The predicted octanol–water partition coefficient (Wildman–Crippen LogP) is 3.05. The highest BCUT2D eigenvalue weighted by Crippen LogP contribution is 2.21. The highest BCUT2D eigenvalue weighted by atomic mass is 32.2. The number of rotatable bonds is 4. The van der Waals surface area contributed by atoms with Crippen molar-refractivity contribution in [2.45, 2.75) is 11.8 Å². The van der Waals surface area contributed by atoms with Gasteiger partial charge in [-0.05, 0) is 43.3 Å². The molecule has 3 rings (SSSR count). The lowest BCUT2D eigenvalue weighted by molar-refractivity contribution is 0.102. The van der Waals surface area contributed by atoms with E-state index in [9.17, 15) is 13.2 Å². The number of carbonyl (C=O) groups is 1. The first-order valence-electron chi connectivity index (χ1n) is 7.99. The summed E-state index contributed by atoms with van der Waals surface area (Å²) in [6.07, 6.45) is 0. The second-order valence-electron chi connectivity index (χ2n) is 6.09. The number of nitrogens with one attached hydrogen (secondary N) is 1. The van der Waals surface area contributed by atoms with Gasteiger partial charge in [-0.3, -0.25) is 9.78 Å². The van der Waals surface area contributed by atoms with Crippen LogP contribution in [-0.4, -0.2) is 37.7 Å². The van der Waals surface area contributed by atoms with Crippen LogP contribution in [0.1, 0.15) is 16.1 Å².